The molecule has 4 heterocycles. The number of aromatic nitrogens is 6. The lowest BCUT2D eigenvalue weighted by Crippen LogP contribution is -2.55. The standard InChI is InChI=1S/C24H29F2N9O4/c1-24(2)10-13(7-14-5-4-6-34(14)24)28-21-16(26)11-27-22(30-21)29-17-9-18(35-23(38)33(3)31-32-35)19(8-15(17)25)39-12-20(36)37/h8-9,11,13-14H,4-7,10,12H2,1-3H3,(H,36,37)(H2,27,28,29,30)/t13-,14+/m1/s1. The van der Waals surface area contributed by atoms with Gasteiger partial charge in [0.25, 0.3) is 0 Å². The van der Waals surface area contributed by atoms with Crippen molar-refractivity contribution in [3.8, 4) is 11.4 Å². The van der Waals surface area contributed by atoms with E-state index >= 15 is 4.39 Å². The lowest BCUT2D eigenvalue weighted by molar-refractivity contribution is -0.139. The number of anilines is 3. The van der Waals surface area contributed by atoms with Gasteiger partial charge >= 0.3 is 11.7 Å². The van der Waals surface area contributed by atoms with Gasteiger partial charge < -0.3 is 20.5 Å². The van der Waals surface area contributed by atoms with Crippen molar-refractivity contribution < 1.29 is 23.4 Å². The highest BCUT2D eigenvalue weighted by atomic mass is 19.1. The smallest absolute Gasteiger partial charge is 0.368 e. The van der Waals surface area contributed by atoms with Gasteiger partial charge in [-0.05, 0) is 62.6 Å². The molecule has 39 heavy (non-hydrogen) atoms. The van der Waals surface area contributed by atoms with Crippen LogP contribution >= 0.6 is 0 Å². The molecule has 3 aromatic rings. The van der Waals surface area contributed by atoms with Crippen LogP contribution in [0.5, 0.6) is 5.75 Å². The number of carboxylic acids is 1. The summed E-state index contributed by atoms with van der Waals surface area (Å²) in [6, 6.07) is 2.50. The number of halogens is 2. The number of aryl methyl sites for hydroxylation is 1. The van der Waals surface area contributed by atoms with Crippen molar-refractivity contribution in [3.63, 3.8) is 0 Å². The minimum absolute atomic E-state index is 0.00543. The Morgan fingerprint density at radius 2 is 2.05 bits per heavy atom. The van der Waals surface area contributed by atoms with Gasteiger partial charge in [-0.3, -0.25) is 4.90 Å². The number of nitrogens with zero attached hydrogens (tertiary/aromatic N) is 7. The van der Waals surface area contributed by atoms with E-state index in [4.69, 9.17) is 9.84 Å². The Morgan fingerprint density at radius 3 is 2.77 bits per heavy atom. The lowest BCUT2D eigenvalue weighted by atomic mass is 9.84. The highest BCUT2D eigenvalue weighted by molar-refractivity contribution is 5.69. The maximum atomic E-state index is 15.1. The topological polar surface area (TPSA) is 152 Å². The molecule has 2 saturated heterocycles. The number of carboxylic acid groups (broad SMARTS) is 1. The molecule has 15 heteroatoms. The van der Waals surface area contributed by atoms with E-state index in [1.54, 1.807) is 0 Å². The zero-order chi connectivity index (χ0) is 27.9. The summed E-state index contributed by atoms with van der Waals surface area (Å²) in [5.41, 5.74) is -0.953. The first kappa shape index (κ1) is 26.5. The second-order valence-electron chi connectivity index (χ2n) is 10.4. The molecule has 13 nitrogen and oxygen atoms in total. The maximum absolute atomic E-state index is 15.1. The van der Waals surface area contributed by atoms with Gasteiger partial charge in [-0.25, -0.2) is 23.4 Å². The third-order valence-corrected chi connectivity index (χ3v) is 7.14. The van der Waals surface area contributed by atoms with Crippen LogP contribution in [0.15, 0.2) is 23.1 Å². The number of hydrogen-bond acceptors (Lipinski definition) is 10. The van der Waals surface area contributed by atoms with Crippen molar-refractivity contribution in [3.05, 3.63) is 40.4 Å². The van der Waals surface area contributed by atoms with Crippen molar-refractivity contribution in [1.29, 1.82) is 0 Å². The van der Waals surface area contributed by atoms with Crippen LogP contribution in [0.4, 0.5) is 26.2 Å². The molecular formula is C24H29F2N9O4. The molecule has 1 aromatic carbocycles. The van der Waals surface area contributed by atoms with Gasteiger partial charge in [-0.2, -0.15) is 14.3 Å². The molecule has 0 amide bonds. The number of hydrogen-bond donors (Lipinski definition) is 3. The first-order valence-corrected chi connectivity index (χ1v) is 12.5. The van der Waals surface area contributed by atoms with E-state index in [1.807, 2.05) is 0 Å². The average molecular weight is 546 g/mol. The van der Waals surface area contributed by atoms with Gasteiger partial charge in [0.15, 0.2) is 24.1 Å². The van der Waals surface area contributed by atoms with E-state index < -0.39 is 29.9 Å². The predicted molar refractivity (Wildman–Crippen MR) is 135 cm³/mol. The highest BCUT2D eigenvalue weighted by Crippen LogP contribution is 2.38. The van der Waals surface area contributed by atoms with E-state index in [0.29, 0.717) is 6.04 Å². The fourth-order valence-corrected chi connectivity index (χ4v) is 5.49. The predicted octanol–water partition coefficient (Wildman–Crippen LogP) is 2.06. The summed E-state index contributed by atoms with van der Waals surface area (Å²) in [5, 5.41) is 22.2. The first-order chi connectivity index (χ1) is 18.5. The summed E-state index contributed by atoms with van der Waals surface area (Å²) in [7, 11) is 1.37. The Kier molecular flexibility index (Phi) is 6.92. The Labute approximate surface area is 221 Å². The second-order valence-corrected chi connectivity index (χ2v) is 10.4. The van der Waals surface area contributed by atoms with Crippen LogP contribution in [0, 0.1) is 11.6 Å². The Bertz CT molecular complexity index is 1460. The molecule has 0 spiro atoms. The quantitative estimate of drug-likeness (QED) is 0.381. The first-order valence-electron chi connectivity index (χ1n) is 12.5. The highest BCUT2D eigenvalue weighted by Gasteiger charge is 2.43. The number of ether oxygens (including phenoxy) is 1. The molecule has 0 bridgehead atoms. The van der Waals surface area contributed by atoms with Crippen LogP contribution in [0.2, 0.25) is 0 Å². The third-order valence-electron chi connectivity index (χ3n) is 7.14. The summed E-state index contributed by atoms with van der Waals surface area (Å²) in [6.45, 7) is 4.67. The summed E-state index contributed by atoms with van der Waals surface area (Å²) in [6.07, 6.45) is 4.90. The molecule has 0 radical (unpaired) electrons. The molecule has 0 saturated carbocycles. The monoisotopic (exact) mass is 545 g/mol. The Balaban J connectivity index is 1.42. The van der Waals surface area contributed by atoms with Gasteiger partial charge in [0, 0.05) is 30.7 Å². The number of carbonyl (C=O) groups is 1. The van der Waals surface area contributed by atoms with Crippen molar-refractivity contribution >= 4 is 23.4 Å². The van der Waals surface area contributed by atoms with Gasteiger partial charge in [0.05, 0.1) is 11.9 Å². The van der Waals surface area contributed by atoms with Gasteiger partial charge in [0.2, 0.25) is 5.95 Å². The number of benzene rings is 1. The van der Waals surface area contributed by atoms with E-state index in [0.717, 1.165) is 53.9 Å². The number of piperidine rings is 1. The van der Waals surface area contributed by atoms with Crippen molar-refractivity contribution in [2.75, 3.05) is 23.8 Å². The summed E-state index contributed by atoms with van der Waals surface area (Å²) in [5.74, 6) is -3.13. The van der Waals surface area contributed by atoms with Gasteiger partial charge in [0.1, 0.15) is 11.4 Å². The molecule has 3 N–H and O–H groups in total. The van der Waals surface area contributed by atoms with Crippen LogP contribution in [-0.4, -0.2) is 76.5 Å². The van der Waals surface area contributed by atoms with Crippen LogP contribution in [0.1, 0.15) is 39.5 Å². The molecule has 2 aliphatic heterocycles. The van der Waals surface area contributed by atoms with Crippen molar-refractivity contribution in [1.82, 2.24) is 34.7 Å². The van der Waals surface area contributed by atoms with Crippen LogP contribution in [0.3, 0.4) is 0 Å². The molecule has 2 aromatic heterocycles. The maximum Gasteiger partial charge on any atom is 0.368 e. The minimum atomic E-state index is -1.29. The van der Waals surface area contributed by atoms with E-state index in [1.165, 1.54) is 13.1 Å². The van der Waals surface area contributed by atoms with Crippen LogP contribution in [0.25, 0.3) is 5.69 Å². The summed E-state index contributed by atoms with van der Waals surface area (Å²) >= 11 is 0. The van der Waals surface area contributed by atoms with E-state index in [-0.39, 0.29) is 40.5 Å². The molecule has 2 aliphatic rings. The molecule has 2 fully saturated rings. The normalized spacial score (nSPS) is 20.4. The number of aliphatic carboxylic acids is 1. The molecule has 2 atom stereocenters. The number of rotatable bonds is 8. The van der Waals surface area contributed by atoms with E-state index in [9.17, 15) is 14.0 Å². The summed E-state index contributed by atoms with van der Waals surface area (Å²) in [4.78, 5) is 34.1. The fraction of sp³-hybridized carbons (Fsp3) is 0.500. The average Bonchev–Trinajstić information content (AvgIpc) is 3.48. The van der Waals surface area contributed by atoms with E-state index in [2.05, 4.69) is 49.8 Å². The fourth-order valence-electron chi connectivity index (χ4n) is 5.49. The Hall–Kier alpha value is -4.14. The largest absolute Gasteiger partial charge is 0.480 e. The van der Waals surface area contributed by atoms with Crippen molar-refractivity contribution in [2.24, 2.45) is 7.05 Å². The van der Waals surface area contributed by atoms with Gasteiger partial charge in [-0.15, -0.1) is 0 Å². The minimum Gasteiger partial charge on any atom is -0.480 e. The van der Waals surface area contributed by atoms with Crippen LogP contribution in [-0.2, 0) is 11.8 Å². The number of fused-ring (bicyclic) bond motifs is 1. The van der Waals surface area contributed by atoms with Gasteiger partial charge in [-0.1, -0.05) is 0 Å². The molecule has 5 rings (SSSR count). The Morgan fingerprint density at radius 1 is 1.26 bits per heavy atom. The second kappa shape index (κ2) is 10.2. The zero-order valence-corrected chi connectivity index (χ0v) is 21.7. The van der Waals surface area contributed by atoms with Crippen LogP contribution < -0.4 is 21.1 Å². The lowest BCUT2D eigenvalue weighted by Gasteiger charge is -2.47. The van der Waals surface area contributed by atoms with Crippen molar-refractivity contribution in [2.45, 2.75) is 57.2 Å². The SMILES string of the molecule is Cn1nnn(-c2cc(Nc3ncc(F)c(N[C@@H]4C[C@@H]5CCCN5C(C)(C)C4)n3)c(F)cc2OCC(=O)O)c1=O. The third kappa shape index (κ3) is 5.39. The molecular weight excluding hydrogens is 516 g/mol. The zero-order valence-electron chi connectivity index (χ0n) is 21.7. The number of nitrogens with one attached hydrogen (secondary N) is 2. The molecule has 208 valence electrons. The molecule has 0 unspecified atom stereocenters. The molecule has 0 aliphatic carbocycles. The summed E-state index contributed by atoms with van der Waals surface area (Å²) < 4.78 is 36.7. The number of tetrazole rings is 1.